The molecule has 0 aromatic heterocycles. The van der Waals surface area contributed by atoms with Crippen LogP contribution in [0.25, 0.3) is 0 Å². The molecule has 2 aliphatic rings. The van der Waals surface area contributed by atoms with E-state index < -0.39 is 0 Å². The molecule has 3 heteroatoms. The first kappa shape index (κ1) is 12.0. The Morgan fingerprint density at radius 3 is 3.06 bits per heavy atom. The molecule has 0 radical (unpaired) electrons. The molecular formula is C15H21NO2. The Morgan fingerprint density at radius 2 is 2.22 bits per heavy atom. The van der Waals surface area contributed by atoms with Gasteiger partial charge in [-0.1, -0.05) is 18.2 Å². The second kappa shape index (κ2) is 5.29. The summed E-state index contributed by atoms with van der Waals surface area (Å²) < 4.78 is 11.4. The molecule has 3 rings (SSSR count). The van der Waals surface area contributed by atoms with E-state index in [-0.39, 0.29) is 6.10 Å². The predicted octanol–water partition coefficient (Wildman–Crippen LogP) is 2.15. The van der Waals surface area contributed by atoms with Gasteiger partial charge in [0.25, 0.3) is 0 Å². The smallest absolute Gasteiger partial charge is 0.123 e. The molecule has 1 N–H and O–H groups in total. The minimum atomic E-state index is 0.278. The molecule has 18 heavy (non-hydrogen) atoms. The maximum absolute atomic E-state index is 5.93. The number of methoxy groups -OCH3 is 1. The molecule has 1 aromatic carbocycles. The summed E-state index contributed by atoms with van der Waals surface area (Å²) in [7, 11) is 1.81. The van der Waals surface area contributed by atoms with Crippen molar-refractivity contribution in [2.24, 2.45) is 0 Å². The summed E-state index contributed by atoms with van der Waals surface area (Å²) in [5, 5.41) is 3.61. The number of hydrogen-bond donors (Lipinski definition) is 1. The van der Waals surface area contributed by atoms with Crippen molar-refractivity contribution < 1.29 is 9.47 Å². The fourth-order valence-electron chi connectivity index (χ4n) is 3.09. The van der Waals surface area contributed by atoms with E-state index >= 15 is 0 Å². The first-order chi connectivity index (χ1) is 8.86. The lowest BCUT2D eigenvalue weighted by atomic mass is 10.1. The second-order valence-electron chi connectivity index (χ2n) is 5.27. The molecule has 0 spiro atoms. The van der Waals surface area contributed by atoms with E-state index in [1.165, 1.54) is 24.8 Å². The van der Waals surface area contributed by atoms with E-state index in [1.54, 1.807) is 0 Å². The second-order valence-corrected chi connectivity index (χ2v) is 5.27. The van der Waals surface area contributed by atoms with Gasteiger partial charge in [0.2, 0.25) is 0 Å². The van der Waals surface area contributed by atoms with Gasteiger partial charge in [-0.25, -0.2) is 0 Å². The number of hydrogen-bond acceptors (Lipinski definition) is 3. The lowest BCUT2D eigenvalue weighted by molar-refractivity contribution is 0.0812. The zero-order chi connectivity index (χ0) is 12.4. The average molecular weight is 247 g/mol. The molecule has 1 saturated carbocycles. The van der Waals surface area contributed by atoms with Gasteiger partial charge in [-0.05, 0) is 30.9 Å². The average Bonchev–Trinajstić information content (AvgIpc) is 3.01. The van der Waals surface area contributed by atoms with E-state index in [2.05, 4.69) is 23.5 Å². The third-order valence-electron chi connectivity index (χ3n) is 4.08. The summed E-state index contributed by atoms with van der Waals surface area (Å²) in [5.41, 5.74) is 1.33. The number of ether oxygens (including phenoxy) is 2. The maximum atomic E-state index is 5.93. The topological polar surface area (TPSA) is 30.5 Å². The normalized spacial score (nSPS) is 30.2. The Morgan fingerprint density at radius 1 is 1.33 bits per heavy atom. The summed E-state index contributed by atoms with van der Waals surface area (Å²) in [4.78, 5) is 0. The summed E-state index contributed by atoms with van der Waals surface area (Å²) in [6, 6.07) is 8.83. The first-order valence-electron chi connectivity index (χ1n) is 6.87. The van der Waals surface area contributed by atoms with Gasteiger partial charge in [0.1, 0.15) is 11.9 Å². The molecule has 3 nitrogen and oxygen atoms in total. The van der Waals surface area contributed by atoms with Crippen LogP contribution >= 0.6 is 0 Å². The Balaban J connectivity index is 1.51. The summed E-state index contributed by atoms with van der Waals surface area (Å²) in [6.45, 7) is 0.916. The van der Waals surface area contributed by atoms with E-state index in [1.807, 2.05) is 13.2 Å². The summed E-state index contributed by atoms with van der Waals surface area (Å²) in [5.74, 6) is 1.05. The Labute approximate surface area is 108 Å². The van der Waals surface area contributed by atoms with E-state index in [4.69, 9.17) is 9.47 Å². The monoisotopic (exact) mass is 247 g/mol. The van der Waals surface area contributed by atoms with Crippen LogP contribution in [0.15, 0.2) is 24.3 Å². The molecule has 1 aliphatic carbocycles. The summed E-state index contributed by atoms with van der Waals surface area (Å²) >= 11 is 0. The summed E-state index contributed by atoms with van der Waals surface area (Å²) in [6.07, 6.45) is 5.35. The van der Waals surface area contributed by atoms with Gasteiger partial charge in [-0.15, -0.1) is 0 Å². The molecular weight excluding hydrogens is 226 g/mol. The first-order valence-corrected chi connectivity index (χ1v) is 6.87. The highest BCUT2D eigenvalue weighted by Crippen LogP contribution is 2.28. The van der Waals surface area contributed by atoms with Crippen molar-refractivity contribution >= 4 is 0 Å². The zero-order valence-electron chi connectivity index (χ0n) is 10.9. The number of fused-ring (bicyclic) bond motifs is 1. The fraction of sp³-hybridized carbons (Fsp3) is 0.600. The molecule has 0 saturated heterocycles. The molecule has 98 valence electrons. The van der Waals surface area contributed by atoms with Crippen LogP contribution in [-0.2, 0) is 11.2 Å². The van der Waals surface area contributed by atoms with Crippen LogP contribution in [0, 0.1) is 0 Å². The quantitative estimate of drug-likeness (QED) is 0.884. The predicted molar refractivity (Wildman–Crippen MR) is 71.0 cm³/mol. The number of benzene rings is 1. The highest BCUT2D eigenvalue weighted by molar-refractivity contribution is 5.37. The minimum absolute atomic E-state index is 0.278. The highest BCUT2D eigenvalue weighted by Gasteiger charge is 2.29. The standard InChI is InChI=1S/C15H21NO2/c1-17-15-8-4-6-13(15)16-10-12-9-11-5-2-3-7-14(11)18-12/h2-3,5,7,12-13,15-16H,4,6,8-10H2,1H3. The van der Waals surface area contributed by atoms with E-state index in [0.717, 1.165) is 18.7 Å². The maximum Gasteiger partial charge on any atom is 0.123 e. The molecule has 3 unspecified atom stereocenters. The van der Waals surface area contributed by atoms with Crippen LogP contribution in [0.5, 0.6) is 5.75 Å². The lowest BCUT2D eigenvalue weighted by Crippen LogP contribution is -2.42. The van der Waals surface area contributed by atoms with Crippen LogP contribution in [-0.4, -0.2) is 31.9 Å². The van der Waals surface area contributed by atoms with Gasteiger partial charge < -0.3 is 14.8 Å². The van der Waals surface area contributed by atoms with Gasteiger partial charge in [0, 0.05) is 26.1 Å². The van der Waals surface area contributed by atoms with Crippen LogP contribution in [0.2, 0.25) is 0 Å². The van der Waals surface area contributed by atoms with Crippen molar-refractivity contribution in [3.63, 3.8) is 0 Å². The van der Waals surface area contributed by atoms with Crippen molar-refractivity contribution in [2.45, 2.75) is 43.9 Å². The van der Waals surface area contributed by atoms with Gasteiger partial charge in [-0.3, -0.25) is 0 Å². The molecule has 1 aliphatic heterocycles. The van der Waals surface area contributed by atoms with Crippen LogP contribution in [0.1, 0.15) is 24.8 Å². The largest absolute Gasteiger partial charge is 0.488 e. The van der Waals surface area contributed by atoms with Crippen LogP contribution in [0.3, 0.4) is 0 Å². The van der Waals surface area contributed by atoms with E-state index in [0.29, 0.717) is 12.1 Å². The van der Waals surface area contributed by atoms with E-state index in [9.17, 15) is 0 Å². The third kappa shape index (κ3) is 2.38. The van der Waals surface area contributed by atoms with Gasteiger partial charge in [0.15, 0.2) is 0 Å². The number of nitrogens with one attached hydrogen (secondary N) is 1. The SMILES string of the molecule is COC1CCCC1NCC1Cc2ccccc2O1. The number of para-hydroxylation sites is 1. The Kier molecular flexibility index (Phi) is 3.52. The molecule has 0 amide bonds. The van der Waals surface area contributed by atoms with Crippen molar-refractivity contribution in [3.05, 3.63) is 29.8 Å². The molecule has 1 heterocycles. The molecule has 3 atom stereocenters. The van der Waals surface area contributed by atoms with Crippen molar-refractivity contribution in [1.29, 1.82) is 0 Å². The highest BCUT2D eigenvalue weighted by atomic mass is 16.5. The van der Waals surface area contributed by atoms with Crippen LogP contribution in [0.4, 0.5) is 0 Å². The Bertz CT molecular complexity index is 382. The fourth-order valence-corrected chi connectivity index (χ4v) is 3.09. The van der Waals surface area contributed by atoms with Gasteiger partial charge in [0.05, 0.1) is 6.10 Å². The van der Waals surface area contributed by atoms with Crippen molar-refractivity contribution in [3.8, 4) is 5.75 Å². The van der Waals surface area contributed by atoms with Crippen LogP contribution < -0.4 is 10.1 Å². The molecule has 1 aromatic rings. The van der Waals surface area contributed by atoms with Crippen molar-refractivity contribution in [1.82, 2.24) is 5.32 Å². The van der Waals surface area contributed by atoms with Gasteiger partial charge in [-0.2, -0.15) is 0 Å². The Hall–Kier alpha value is -1.06. The lowest BCUT2D eigenvalue weighted by Gasteiger charge is -2.21. The number of rotatable bonds is 4. The zero-order valence-corrected chi connectivity index (χ0v) is 10.9. The van der Waals surface area contributed by atoms with Gasteiger partial charge >= 0.3 is 0 Å². The molecule has 0 bridgehead atoms. The van der Waals surface area contributed by atoms with Crippen molar-refractivity contribution in [2.75, 3.05) is 13.7 Å². The minimum Gasteiger partial charge on any atom is -0.488 e. The third-order valence-corrected chi connectivity index (χ3v) is 4.08. The molecule has 1 fully saturated rings.